The van der Waals surface area contributed by atoms with Gasteiger partial charge in [-0.05, 0) is 37.5 Å². The first-order valence-corrected chi connectivity index (χ1v) is 6.79. The SMILES string of the molecule is CCCC(C)CNC1CCCSC1. The molecule has 2 atom stereocenters. The van der Waals surface area contributed by atoms with Crippen molar-refractivity contribution in [3.63, 3.8) is 0 Å². The van der Waals surface area contributed by atoms with E-state index in [2.05, 4.69) is 30.9 Å². The molecular formula is C11H23NS. The fourth-order valence-corrected chi connectivity index (χ4v) is 2.97. The molecule has 2 unspecified atom stereocenters. The molecular weight excluding hydrogens is 178 g/mol. The summed E-state index contributed by atoms with van der Waals surface area (Å²) in [6, 6.07) is 0.804. The highest BCUT2D eigenvalue weighted by Gasteiger charge is 2.13. The normalized spacial score (nSPS) is 25.8. The van der Waals surface area contributed by atoms with Gasteiger partial charge in [-0.3, -0.25) is 0 Å². The number of thioether (sulfide) groups is 1. The average molecular weight is 201 g/mol. The molecule has 1 saturated heterocycles. The van der Waals surface area contributed by atoms with Crippen LogP contribution in [0, 0.1) is 5.92 Å². The number of hydrogen-bond donors (Lipinski definition) is 1. The second-order valence-corrected chi connectivity index (χ2v) is 5.37. The first-order chi connectivity index (χ1) is 6.33. The Bertz CT molecular complexity index is 121. The summed E-state index contributed by atoms with van der Waals surface area (Å²) < 4.78 is 0. The van der Waals surface area contributed by atoms with Gasteiger partial charge in [0.15, 0.2) is 0 Å². The van der Waals surface area contributed by atoms with Crippen molar-refractivity contribution < 1.29 is 0 Å². The van der Waals surface area contributed by atoms with Crippen molar-refractivity contribution >= 4 is 11.8 Å². The molecule has 2 heteroatoms. The molecule has 0 aromatic carbocycles. The Morgan fingerprint density at radius 2 is 2.38 bits per heavy atom. The number of rotatable bonds is 5. The first kappa shape index (κ1) is 11.4. The smallest absolute Gasteiger partial charge is 0.0158 e. The molecule has 0 aromatic rings. The van der Waals surface area contributed by atoms with Crippen LogP contribution in [0.15, 0.2) is 0 Å². The van der Waals surface area contributed by atoms with Gasteiger partial charge >= 0.3 is 0 Å². The Morgan fingerprint density at radius 3 is 3.00 bits per heavy atom. The highest BCUT2D eigenvalue weighted by atomic mass is 32.2. The zero-order chi connectivity index (χ0) is 9.52. The van der Waals surface area contributed by atoms with Crippen LogP contribution in [0.4, 0.5) is 0 Å². The van der Waals surface area contributed by atoms with Crippen LogP contribution < -0.4 is 5.32 Å². The van der Waals surface area contributed by atoms with Crippen LogP contribution in [0.5, 0.6) is 0 Å². The Balaban J connectivity index is 2.03. The van der Waals surface area contributed by atoms with Gasteiger partial charge in [-0.15, -0.1) is 0 Å². The quantitative estimate of drug-likeness (QED) is 0.734. The number of hydrogen-bond acceptors (Lipinski definition) is 2. The zero-order valence-corrected chi connectivity index (χ0v) is 9.83. The Morgan fingerprint density at radius 1 is 1.54 bits per heavy atom. The zero-order valence-electron chi connectivity index (χ0n) is 9.01. The predicted octanol–water partition coefficient (Wildman–Crippen LogP) is 2.91. The molecule has 1 fully saturated rings. The van der Waals surface area contributed by atoms with Gasteiger partial charge in [0.05, 0.1) is 0 Å². The number of nitrogens with one attached hydrogen (secondary N) is 1. The van der Waals surface area contributed by atoms with Crippen molar-refractivity contribution in [1.29, 1.82) is 0 Å². The largest absolute Gasteiger partial charge is 0.313 e. The minimum Gasteiger partial charge on any atom is -0.313 e. The van der Waals surface area contributed by atoms with E-state index in [9.17, 15) is 0 Å². The lowest BCUT2D eigenvalue weighted by molar-refractivity contribution is 0.424. The van der Waals surface area contributed by atoms with Crippen LogP contribution in [0.3, 0.4) is 0 Å². The van der Waals surface area contributed by atoms with E-state index in [0.29, 0.717) is 0 Å². The lowest BCUT2D eigenvalue weighted by atomic mass is 10.1. The van der Waals surface area contributed by atoms with E-state index >= 15 is 0 Å². The van der Waals surface area contributed by atoms with Crippen molar-refractivity contribution in [3.8, 4) is 0 Å². The molecule has 13 heavy (non-hydrogen) atoms. The van der Waals surface area contributed by atoms with Crippen LogP contribution in [0.2, 0.25) is 0 Å². The third-order valence-electron chi connectivity index (χ3n) is 2.70. The van der Waals surface area contributed by atoms with Crippen molar-refractivity contribution in [2.45, 2.75) is 45.6 Å². The minimum atomic E-state index is 0.804. The second-order valence-electron chi connectivity index (χ2n) is 4.22. The lowest BCUT2D eigenvalue weighted by Gasteiger charge is -2.24. The molecule has 78 valence electrons. The molecule has 0 spiro atoms. The van der Waals surface area contributed by atoms with E-state index < -0.39 is 0 Å². The average Bonchev–Trinajstić information content (AvgIpc) is 2.17. The predicted molar refractivity (Wildman–Crippen MR) is 62.4 cm³/mol. The molecule has 0 saturated carbocycles. The third kappa shape index (κ3) is 4.92. The van der Waals surface area contributed by atoms with E-state index in [1.54, 1.807) is 0 Å². The van der Waals surface area contributed by atoms with Gasteiger partial charge in [0.25, 0.3) is 0 Å². The molecule has 1 nitrogen and oxygen atoms in total. The standard InChI is InChI=1S/C11H23NS/c1-3-5-10(2)8-12-11-6-4-7-13-9-11/h10-12H,3-9H2,1-2H3. The van der Waals surface area contributed by atoms with Crippen LogP contribution in [0.25, 0.3) is 0 Å². The van der Waals surface area contributed by atoms with E-state index in [0.717, 1.165) is 12.0 Å². The molecule has 0 amide bonds. The monoisotopic (exact) mass is 201 g/mol. The maximum absolute atomic E-state index is 3.69. The Hall–Kier alpha value is 0.310. The lowest BCUT2D eigenvalue weighted by Crippen LogP contribution is -2.36. The molecule has 0 aliphatic carbocycles. The first-order valence-electron chi connectivity index (χ1n) is 5.64. The van der Waals surface area contributed by atoms with Crippen molar-refractivity contribution in [2.24, 2.45) is 5.92 Å². The minimum absolute atomic E-state index is 0.804. The summed E-state index contributed by atoms with van der Waals surface area (Å²) in [5, 5.41) is 3.69. The maximum Gasteiger partial charge on any atom is 0.0158 e. The van der Waals surface area contributed by atoms with Gasteiger partial charge in [0.1, 0.15) is 0 Å². The summed E-state index contributed by atoms with van der Waals surface area (Å²) >= 11 is 2.11. The van der Waals surface area contributed by atoms with E-state index in [1.807, 2.05) is 0 Å². The van der Waals surface area contributed by atoms with Gasteiger partial charge in [0.2, 0.25) is 0 Å². The third-order valence-corrected chi connectivity index (χ3v) is 3.91. The molecule has 1 aliphatic rings. The highest BCUT2D eigenvalue weighted by Crippen LogP contribution is 2.17. The van der Waals surface area contributed by atoms with E-state index in [1.165, 1.54) is 43.7 Å². The maximum atomic E-state index is 3.69. The van der Waals surface area contributed by atoms with Crippen LogP contribution in [-0.2, 0) is 0 Å². The van der Waals surface area contributed by atoms with Gasteiger partial charge in [0, 0.05) is 11.8 Å². The molecule has 1 heterocycles. The van der Waals surface area contributed by atoms with Crippen LogP contribution in [-0.4, -0.2) is 24.1 Å². The molecule has 0 aromatic heterocycles. The summed E-state index contributed by atoms with van der Waals surface area (Å²) in [5.41, 5.74) is 0. The molecule has 1 rings (SSSR count). The highest BCUT2D eigenvalue weighted by molar-refractivity contribution is 7.99. The fourth-order valence-electron chi connectivity index (χ4n) is 1.86. The summed E-state index contributed by atoms with van der Waals surface area (Å²) in [7, 11) is 0. The summed E-state index contributed by atoms with van der Waals surface area (Å²) in [6.07, 6.45) is 5.49. The van der Waals surface area contributed by atoms with Gasteiger partial charge in [-0.25, -0.2) is 0 Å². The Labute approximate surface area is 87.1 Å². The van der Waals surface area contributed by atoms with Crippen LogP contribution >= 0.6 is 11.8 Å². The van der Waals surface area contributed by atoms with Crippen molar-refractivity contribution in [2.75, 3.05) is 18.1 Å². The van der Waals surface area contributed by atoms with Crippen LogP contribution in [0.1, 0.15) is 39.5 Å². The molecule has 0 bridgehead atoms. The fraction of sp³-hybridized carbons (Fsp3) is 1.00. The summed E-state index contributed by atoms with van der Waals surface area (Å²) in [6.45, 7) is 5.85. The summed E-state index contributed by atoms with van der Waals surface area (Å²) in [5.74, 6) is 3.57. The second kappa shape index (κ2) is 6.72. The van der Waals surface area contributed by atoms with E-state index in [4.69, 9.17) is 0 Å². The van der Waals surface area contributed by atoms with Crippen molar-refractivity contribution in [3.05, 3.63) is 0 Å². The summed E-state index contributed by atoms with van der Waals surface area (Å²) in [4.78, 5) is 0. The molecule has 1 N–H and O–H groups in total. The van der Waals surface area contributed by atoms with Gasteiger partial charge in [-0.2, -0.15) is 11.8 Å². The molecule has 1 aliphatic heterocycles. The van der Waals surface area contributed by atoms with Gasteiger partial charge < -0.3 is 5.32 Å². The van der Waals surface area contributed by atoms with Crippen molar-refractivity contribution in [1.82, 2.24) is 5.32 Å². The Kier molecular flexibility index (Phi) is 5.88. The van der Waals surface area contributed by atoms with Gasteiger partial charge in [-0.1, -0.05) is 20.3 Å². The topological polar surface area (TPSA) is 12.0 Å². The van der Waals surface area contributed by atoms with E-state index in [-0.39, 0.29) is 0 Å². The molecule has 0 radical (unpaired) electrons.